The SMILES string of the molecule is Br[C@H]1C2[C@@H]3CC[C@H]4C3[C@@H]3[C@H](Br)[C@@H](CC[C@H]23)C14. The molecule has 0 radical (unpaired) electrons. The molecular formula is C14H18Br2. The van der Waals surface area contributed by atoms with Crippen molar-refractivity contribution in [2.75, 3.05) is 0 Å². The second kappa shape index (κ2) is 2.92. The molecule has 3 unspecified atom stereocenters. The maximum Gasteiger partial charge on any atom is 0.0213 e. The summed E-state index contributed by atoms with van der Waals surface area (Å²) in [5.74, 6) is 8.61. The molecular weight excluding hydrogens is 328 g/mol. The Bertz CT molecular complexity index is 351. The average molecular weight is 346 g/mol. The Balaban J connectivity index is 1.77. The highest BCUT2D eigenvalue weighted by molar-refractivity contribution is 9.09. The summed E-state index contributed by atoms with van der Waals surface area (Å²) in [7, 11) is 0. The summed E-state index contributed by atoms with van der Waals surface area (Å²) in [6, 6.07) is 0. The predicted molar refractivity (Wildman–Crippen MR) is 71.8 cm³/mol. The normalized spacial score (nSPS) is 73.9. The van der Waals surface area contributed by atoms with Crippen LogP contribution in [0.3, 0.4) is 0 Å². The van der Waals surface area contributed by atoms with E-state index in [9.17, 15) is 0 Å². The average Bonchev–Trinajstić information content (AvgIpc) is 2.68. The predicted octanol–water partition coefficient (Wildman–Crippen LogP) is 4.07. The molecule has 7 bridgehead atoms. The minimum atomic E-state index is 0.880. The Hall–Kier alpha value is 0.960. The van der Waals surface area contributed by atoms with Gasteiger partial charge in [-0.2, -0.15) is 0 Å². The van der Waals surface area contributed by atoms with Gasteiger partial charge in [0.25, 0.3) is 0 Å². The second-order valence-corrected chi connectivity index (χ2v) is 9.12. The Labute approximate surface area is 114 Å². The molecule has 0 aromatic heterocycles. The third-order valence-corrected chi connectivity index (χ3v) is 9.59. The van der Waals surface area contributed by atoms with E-state index in [1.165, 1.54) is 6.42 Å². The van der Waals surface area contributed by atoms with Crippen LogP contribution in [0.2, 0.25) is 0 Å². The standard InChI is InChI=1S/C14H18Br2/c15-13-8-4-3-7-10-5-1-2-6(9(5)12(7)13)11(8)14(10)16/h5-14H,1-4H2/t5-,6+,7-,8+,9?,10?,11?,12-,13-,14+/m1/s1. The quantitative estimate of drug-likeness (QED) is 0.580. The van der Waals surface area contributed by atoms with Gasteiger partial charge in [0.2, 0.25) is 0 Å². The lowest BCUT2D eigenvalue weighted by molar-refractivity contribution is 0.0290. The van der Waals surface area contributed by atoms with Gasteiger partial charge in [-0.3, -0.25) is 0 Å². The molecule has 5 aliphatic rings. The fourth-order valence-electron chi connectivity index (χ4n) is 7.00. The number of fused-ring (bicyclic) bond motifs is 3. The van der Waals surface area contributed by atoms with Crippen LogP contribution in [-0.2, 0) is 0 Å². The molecule has 0 heterocycles. The maximum absolute atomic E-state index is 4.14. The van der Waals surface area contributed by atoms with E-state index in [0.29, 0.717) is 0 Å². The monoisotopic (exact) mass is 344 g/mol. The molecule has 5 fully saturated rings. The molecule has 88 valence electrons. The highest BCUT2D eigenvalue weighted by atomic mass is 79.9. The molecule has 5 saturated carbocycles. The zero-order valence-electron chi connectivity index (χ0n) is 9.36. The topological polar surface area (TPSA) is 0 Å². The van der Waals surface area contributed by atoms with Gasteiger partial charge in [0.1, 0.15) is 0 Å². The van der Waals surface area contributed by atoms with E-state index in [-0.39, 0.29) is 0 Å². The summed E-state index contributed by atoms with van der Waals surface area (Å²) >= 11 is 8.25. The van der Waals surface area contributed by atoms with E-state index in [2.05, 4.69) is 31.9 Å². The first-order chi connectivity index (χ1) is 7.79. The van der Waals surface area contributed by atoms with Crippen molar-refractivity contribution in [3.05, 3.63) is 0 Å². The van der Waals surface area contributed by atoms with Crippen molar-refractivity contribution >= 4 is 31.9 Å². The largest absolute Gasteiger partial charge is 0.0884 e. The molecule has 2 heteroatoms. The van der Waals surface area contributed by atoms with Gasteiger partial charge in [0.15, 0.2) is 0 Å². The van der Waals surface area contributed by atoms with Gasteiger partial charge in [0.05, 0.1) is 0 Å². The fourth-order valence-corrected chi connectivity index (χ4v) is 9.93. The van der Waals surface area contributed by atoms with Gasteiger partial charge in [-0.25, -0.2) is 0 Å². The number of alkyl halides is 2. The minimum Gasteiger partial charge on any atom is -0.0884 e. The maximum atomic E-state index is 4.14. The smallest absolute Gasteiger partial charge is 0.0213 e. The molecule has 0 aromatic carbocycles. The molecule has 5 rings (SSSR count). The molecule has 0 nitrogen and oxygen atoms in total. The summed E-state index contributed by atoms with van der Waals surface area (Å²) in [5.41, 5.74) is 0. The summed E-state index contributed by atoms with van der Waals surface area (Å²) in [6.45, 7) is 0. The zero-order valence-corrected chi connectivity index (χ0v) is 12.5. The number of rotatable bonds is 0. The van der Waals surface area contributed by atoms with Crippen molar-refractivity contribution in [3.63, 3.8) is 0 Å². The summed E-state index contributed by atoms with van der Waals surface area (Å²) in [4.78, 5) is 1.76. The lowest BCUT2D eigenvalue weighted by Gasteiger charge is -2.52. The van der Waals surface area contributed by atoms with Gasteiger partial charge < -0.3 is 0 Å². The van der Waals surface area contributed by atoms with E-state index in [0.717, 1.165) is 57.0 Å². The summed E-state index contributed by atoms with van der Waals surface area (Å²) in [5, 5.41) is 0. The highest BCUT2D eigenvalue weighted by Crippen LogP contribution is 2.75. The second-order valence-electron chi connectivity index (χ2n) is 7.01. The molecule has 10 atom stereocenters. The van der Waals surface area contributed by atoms with Gasteiger partial charge >= 0.3 is 0 Å². The van der Waals surface area contributed by atoms with Gasteiger partial charge in [-0.1, -0.05) is 31.9 Å². The van der Waals surface area contributed by atoms with E-state index in [4.69, 9.17) is 0 Å². The van der Waals surface area contributed by atoms with Crippen LogP contribution in [0, 0.1) is 47.3 Å². The third kappa shape index (κ3) is 0.839. The summed E-state index contributed by atoms with van der Waals surface area (Å²) < 4.78 is 0. The van der Waals surface area contributed by atoms with Crippen molar-refractivity contribution in [2.45, 2.75) is 35.3 Å². The van der Waals surface area contributed by atoms with E-state index in [1.54, 1.807) is 19.3 Å². The Morgan fingerprint density at radius 1 is 0.500 bits per heavy atom. The van der Waals surface area contributed by atoms with Crippen LogP contribution >= 0.6 is 31.9 Å². The molecule has 0 amide bonds. The molecule has 0 saturated heterocycles. The van der Waals surface area contributed by atoms with Crippen LogP contribution in [0.1, 0.15) is 25.7 Å². The number of hydrogen-bond acceptors (Lipinski definition) is 0. The van der Waals surface area contributed by atoms with Crippen LogP contribution in [0.15, 0.2) is 0 Å². The Kier molecular flexibility index (Phi) is 1.80. The summed E-state index contributed by atoms with van der Waals surface area (Å²) in [6.07, 6.45) is 6.22. The van der Waals surface area contributed by atoms with Crippen molar-refractivity contribution in [1.29, 1.82) is 0 Å². The lowest BCUT2D eigenvalue weighted by atomic mass is 9.58. The van der Waals surface area contributed by atoms with Crippen molar-refractivity contribution < 1.29 is 0 Å². The first-order valence-electron chi connectivity index (χ1n) is 7.07. The number of hydrogen-bond donors (Lipinski definition) is 0. The van der Waals surface area contributed by atoms with E-state index < -0.39 is 0 Å². The molecule has 0 aliphatic heterocycles. The Morgan fingerprint density at radius 3 is 1.69 bits per heavy atom. The van der Waals surface area contributed by atoms with Gasteiger partial charge in [-0.15, -0.1) is 0 Å². The molecule has 5 aliphatic carbocycles. The Morgan fingerprint density at radius 2 is 1.00 bits per heavy atom. The highest BCUT2D eigenvalue weighted by Gasteiger charge is 2.71. The van der Waals surface area contributed by atoms with Crippen LogP contribution in [0.5, 0.6) is 0 Å². The van der Waals surface area contributed by atoms with Crippen LogP contribution in [0.25, 0.3) is 0 Å². The fraction of sp³-hybridized carbons (Fsp3) is 1.00. The van der Waals surface area contributed by atoms with Crippen molar-refractivity contribution in [1.82, 2.24) is 0 Å². The zero-order chi connectivity index (χ0) is 10.6. The first kappa shape index (κ1) is 9.83. The van der Waals surface area contributed by atoms with E-state index >= 15 is 0 Å². The van der Waals surface area contributed by atoms with Gasteiger partial charge in [-0.05, 0) is 73.0 Å². The molecule has 0 N–H and O–H groups in total. The molecule has 0 spiro atoms. The van der Waals surface area contributed by atoms with Gasteiger partial charge in [0, 0.05) is 9.65 Å². The number of halogens is 2. The first-order valence-corrected chi connectivity index (χ1v) is 8.90. The third-order valence-electron chi connectivity index (χ3n) is 7.08. The van der Waals surface area contributed by atoms with Crippen LogP contribution in [0.4, 0.5) is 0 Å². The lowest BCUT2D eigenvalue weighted by Crippen LogP contribution is -2.50. The molecule has 0 aromatic rings. The van der Waals surface area contributed by atoms with Crippen LogP contribution < -0.4 is 0 Å². The molecule has 16 heavy (non-hydrogen) atoms. The van der Waals surface area contributed by atoms with Crippen molar-refractivity contribution in [2.24, 2.45) is 47.3 Å². The minimum absolute atomic E-state index is 0.880. The van der Waals surface area contributed by atoms with Crippen LogP contribution in [-0.4, -0.2) is 9.65 Å². The van der Waals surface area contributed by atoms with Crippen molar-refractivity contribution in [3.8, 4) is 0 Å². The van der Waals surface area contributed by atoms with E-state index in [1.807, 2.05) is 0 Å².